The summed E-state index contributed by atoms with van der Waals surface area (Å²) in [6.07, 6.45) is 0. The monoisotopic (exact) mass is 1480 g/mol. The van der Waals surface area contributed by atoms with Gasteiger partial charge in [0.15, 0.2) is 40.5 Å². The molecule has 0 saturated carbocycles. The van der Waals surface area contributed by atoms with E-state index in [4.69, 9.17) is 43.2 Å². The normalized spacial score (nSPS) is 11.9. The maximum absolute atomic E-state index is 7.02. The van der Waals surface area contributed by atoms with E-state index >= 15 is 0 Å². The fourth-order valence-corrected chi connectivity index (χ4v) is 18.2. The summed E-state index contributed by atoms with van der Waals surface area (Å²) in [6.45, 7) is 0. The number of aromatic nitrogens is 8. The van der Waals surface area contributed by atoms with Gasteiger partial charge in [-0.2, -0.15) is 0 Å². The minimum atomic E-state index is 0.553. The van der Waals surface area contributed by atoms with Crippen molar-refractivity contribution in [3.63, 3.8) is 0 Å². The van der Waals surface area contributed by atoms with E-state index in [1.807, 2.05) is 152 Å². The zero-order valence-electron chi connectivity index (χ0n) is 60.9. The van der Waals surface area contributed by atoms with E-state index in [0.717, 1.165) is 170 Å². The first kappa shape index (κ1) is 64.7. The van der Waals surface area contributed by atoms with Gasteiger partial charge in [-0.1, -0.05) is 291 Å². The molecule has 0 aliphatic heterocycles. The lowest BCUT2D eigenvalue weighted by molar-refractivity contribution is 0.667. The minimum Gasteiger partial charge on any atom is -0.455 e. The topological polar surface area (TPSA) is 127 Å². The Hall–Kier alpha value is -15.2. The second-order valence-electron chi connectivity index (χ2n) is 28.7. The van der Waals surface area contributed by atoms with Crippen LogP contribution in [0.1, 0.15) is 0 Å². The van der Waals surface area contributed by atoms with Crippen molar-refractivity contribution in [3.05, 3.63) is 364 Å². The van der Waals surface area contributed by atoms with Gasteiger partial charge in [-0.15, -0.1) is 11.3 Å². The Morgan fingerprint density at radius 3 is 1.00 bits per heavy atom. The summed E-state index contributed by atoms with van der Waals surface area (Å²) in [5.74, 6) is 3.73. The number of para-hydroxylation sites is 8. The van der Waals surface area contributed by atoms with Crippen LogP contribution in [0, 0.1) is 0 Å². The second-order valence-corrected chi connectivity index (χ2v) is 29.7. The van der Waals surface area contributed by atoms with Crippen molar-refractivity contribution in [1.29, 1.82) is 0 Å². The molecule has 24 rings (SSSR count). The van der Waals surface area contributed by atoms with Crippen LogP contribution >= 0.6 is 11.3 Å². The van der Waals surface area contributed by atoms with Crippen LogP contribution in [0.5, 0.6) is 0 Å². The number of nitrogens with zero attached hydrogens (tertiary/aromatic N) is 8. The van der Waals surface area contributed by atoms with E-state index in [1.54, 1.807) is 11.3 Å². The first-order valence-electron chi connectivity index (χ1n) is 38.1. The number of thiophene rings is 1. The molecule has 0 aliphatic rings. The van der Waals surface area contributed by atoms with Gasteiger partial charge in [0.2, 0.25) is 0 Å². The van der Waals surface area contributed by atoms with E-state index in [1.165, 1.54) is 26.2 Å². The number of rotatable bonds is 10. The molecule has 0 N–H and O–H groups in total. The molecule has 114 heavy (non-hydrogen) atoms. The fourth-order valence-electron chi connectivity index (χ4n) is 16.9. The zero-order chi connectivity index (χ0) is 74.9. The van der Waals surface area contributed by atoms with Crippen LogP contribution in [0.25, 0.3) is 232 Å². The highest BCUT2D eigenvalue weighted by molar-refractivity contribution is 7.26. The molecule has 0 unspecified atom stereocenters. The Balaban J connectivity index is 0.000000135. The molecule has 0 fully saturated rings. The number of fused-ring (bicyclic) bond motifs is 18. The Morgan fingerprint density at radius 2 is 0.518 bits per heavy atom. The van der Waals surface area contributed by atoms with Gasteiger partial charge < -0.3 is 22.4 Å². The van der Waals surface area contributed by atoms with Crippen molar-refractivity contribution in [2.75, 3.05) is 0 Å². The molecule has 0 spiro atoms. The number of hydrogen-bond donors (Lipinski definition) is 0. The molecule has 8 aromatic heterocycles. The van der Waals surface area contributed by atoms with Crippen LogP contribution in [-0.2, 0) is 0 Å². The molecule has 0 bridgehead atoms. The summed E-state index contributed by atoms with van der Waals surface area (Å²) in [4.78, 5) is 30.2. The number of benzene rings is 16. The molecular weight excluding hydrogens is 1420 g/mol. The summed E-state index contributed by atoms with van der Waals surface area (Å²) >= 11 is 1.80. The molecular formula is C102H60N8O3S. The quantitative estimate of drug-likeness (QED) is 0.131. The van der Waals surface area contributed by atoms with Gasteiger partial charge in [0, 0.05) is 108 Å². The molecule has 0 atom stereocenters. The Bertz CT molecular complexity index is 7410. The highest BCUT2D eigenvalue weighted by Gasteiger charge is 2.26. The minimum absolute atomic E-state index is 0.553. The fraction of sp³-hybridized carbons (Fsp3) is 0. The van der Waals surface area contributed by atoms with Crippen molar-refractivity contribution in [1.82, 2.24) is 39.0 Å². The van der Waals surface area contributed by atoms with Crippen molar-refractivity contribution in [3.8, 4) is 102 Å². The first-order chi connectivity index (χ1) is 56.5. The average molecular weight is 1480 g/mol. The molecule has 12 heteroatoms. The maximum atomic E-state index is 7.02. The van der Waals surface area contributed by atoms with Crippen LogP contribution in [0.3, 0.4) is 0 Å². The molecule has 8 heterocycles. The third kappa shape index (κ3) is 10.5. The molecule has 0 radical (unpaired) electrons. The maximum Gasteiger partial charge on any atom is 0.167 e. The van der Waals surface area contributed by atoms with Gasteiger partial charge >= 0.3 is 0 Å². The lowest BCUT2D eigenvalue weighted by Gasteiger charge is -2.10. The Kier molecular flexibility index (Phi) is 14.9. The van der Waals surface area contributed by atoms with E-state index in [-0.39, 0.29) is 0 Å². The largest absolute Gasteiger partial charge is 0.455 e. The smallest absolute Gasteiger partial charge is 0.167 e. The van der Waals surface area contributed by atoms with Gasteiger partial charge in [0.25, 0.3) is 0 Å². The number of hydrogen-bond acceptors (Lipinski definition) is 10. The Labute approximate surface area is 654 Å². The summed E-state index contributed by atoms with van der Waals surface area (Å²) in [6, 6.07) is 126. The second kappa shape index (κ2) is 26.2. The molecule has 16 aromatic carbocycles. The highest BCUT2D eigenvalue weighted by atomic mass is 32.1. The zero-order valence-corrected chi connectivity index (χ0v) is 61.7. The molecule has 0 amide bonds. The predicted octanol–water partition coefficient (Wildman–Crippen LogP) is 27.3. The van der Waals surface area contributed by atoms with Crippen molar-refractivity contribution in [2.45, 2.75) is 0 Å². The van der Waals surface area contributed by atoms with E-state index in [2.05, 4.69) is 221 Å². The summed E-state index contributed by atoms with van der Waals surface area (Å²) < 4.78 is 27.1. The lowest BCUT2D eigenvalue weighted by Crippen LogP contribution is -2.00. The molecule has 532 valence electrons. The van der Waals surface area contributed by atoms with Crippen LogP contribution < -0.4 is 0 Å². The molecule has 0 aliphatic carbocycles. The van der Waals surface area contributed by atoms with Gasteiger partial charge in [-0.3, -0.25) is 0 Å². The van der Waals surface area contributed by atoms with Crippen molar-refractivity contribution >= 4 is 141 Å². The van der Waals surface area contributed by atoms with Crippen LogP contribution in [0.4, 0.5) is 0 Å². The third-order valence-corrected chi connectivity index (χ3v) is 23.4. The predicted molar refractivity (Wildman–Crippen MR) is 467 cm³/mol. The highest BCUT2D eigenvalue weighted by Crippen LogP contribution is 2.48. The van der Waals surface area contributed by atoms with Gasteiger partial charge in [0.1, 0.15) is 27.9 Å². The SMILES string of the molecule is c1ccc(-c2nc(-c3ccccc3)nc(-c3cccc4c3oc3c(-n5c6ccccc6c6cc(-c7cccc8c7oc7ccccc78)ccc65)cccc34)n2)cc1.c1ccc(-c2nc(-c3ccccc3)nc(-c3cccc4c3sc3c(-n5c6ccccc6c6cc(-c7cccc8c7oc7ccccc78)ccc65)cccc34)n2)cc1. The van der Waals surface area contributed by atoms with E-state index < -0.39 is 0 Å². The molecule has 0 saturated heterocycles. The standard InChI is InChI=1S/C51H30N4O2.C51H30N4OS/c2*1-3-14-31(15-4-1)49-52-50(32-16-5-2-6-17-32)54-51(53-49)40-24-12-22-38-39-23-13-26-44(48(39)57-47(38)40)55-42-25-9-7-18-35(42)41-30-33(28-29-43(41)55)34-20-11-21-37-36-19-8-10-27-45(36)56-46(34)37/h2*1-30H. The van der Waals surface area contributed by atoms with Crippen LogP contribution in [-0.4, -0.2) is 39.0 Å². The summed E-state index contributed by atoms with van der Waals surface area (Å²) in [7, 11) is 0. The van der Waals surface area contributed by atoms with Crippen LogP contribution in [0.15, 0.2) is 377 Å². The summed E-state index contributed by atoms with van der Waals surface area (Å²) in [5.41, 5.74) is 21.6. The molecule has 24 aromatic rings. The van der Waals surface area contributed by atoms with Crippen molar-refractivity contribution in [2.24, 2.45) is 0 Å². The Morgan fingerprint density at radius 1 is 0.193 bits per heavy atom. The van der Waals surface area contributed by atoms with Crippen LogP contribution in [0.2, 0.25) is 0 Å². The van der Waals surface area contributed by atoms with E-state index in [0.29, 0.717) is 34.9 Å². The van der Waals surface area contributed by atoms with Gasteiger partial charge in [0.05, 0.1) is 43.7 Å². The van der Waals surface area contributed by atoms with Gasteiger partial charge in [-0.25, -0.2) is 29.9 Å². The first-order valence-corrected chi connectivity index (χ1v) is 38.9. The summed E-state index contributed by atoms with van der Waals surface area (Å²) in [5, 5.41) is 13.6. The lowest BCUT2D eigenvalue weighted by atomic mass is 10.0. The third-order valence-electron chi connectivity index (χ3n) is 22.1. The molecule has 11 nitrogen and oxygen atoms in total. The van der Waals surface area contributed by atoms with Gasteiger partial charge in [-0.05, 0) is 83.9 Å². The van der Waals surface area contributed by atoms with E-state index in [9.17, 15) is 0 Å². The van der Waals surface area contributed by atoms with Crippen molar-refractivity contribution < 1.29 is 13.3 Å². The number of furan rings is 3. The average Bonchev–Trinajstić information content (AvgIpc) is 1.57.